The van der Waals surface area contributed by atoms with Crippen molar-refractivity contribution in [3.63, 3.8) is 0 Å². The standard InChI is InChI=1S/C21H28ClN3O2/c22-16-6-8-18(9-7-16)25-15-17(14-19(25)26)23-20(27)21(10-2-1-3-11-21)24-12-4-5-13-24/h6-9,17H,1-5,10-15H2,(H,23,27). The first-order valence-electron chi connectivity index (χ1n) is 10.2. The lowest BCUT2D eigenvalue weighted by molar-refractivity contribution is -0.136. The Balaban J connectivity index is 1.45. The van der Waals surface area contributed by atoms with Gasteiger partial charge in [-0.1, -0.05) is 30.9 Å². The van der Waals surface area contributed by atoms with Crippen molar-refractivity contribution >= 4 is 29.1 Å². The van der Waals surface area contributed by atoms with E-state index in [-0.39, 0.29) is 23.4 Å². The van der Waals surface area contributed by atoms with Gasteiger partial charge in [-0.15, -0.1) is 0 Å². The minimum Gasteiger partial charge on any atom is -0.349 e. The van der Waals surface area contributed by atoms with Crippen LogP contribution >= 0.6 is 11.6 Å². The second kappa shape index (κ2) is 7.80. The smallest absolute Gasteiger partial charge is 0.240 e. The lowest BCUT2D eigenvalue weighted by Gasteiger charge is -2.43. The van der Waals surface area contributed by atoms with Crippen molar-refractivity contribution in [3.05, 3.63) is 29.3 Å². The number of rotatable bonds is 4. The number of benzene rings is 1. The van der Waals surface area contributed by atoms with E-state index in [0.717, 1.165) is 44.5 Å². The van der Waals surface area contributed by atoms with Crippen LogP contribution in [0.3, 0.4) is 0 Å². The molecule has 0 spiro atoms. The maximum Gasteiger partial charge on any atom is 0.240 e. The molecule has 1 N–H and O–H groups in total. The van der Waals surface area contributed by atoms with E-state index < -0.39 is 0 Å². The van der Waals surface area contributed by atoms with Crippen LogP contribution in [0.4, 0.5) is 5.69 Å². The van der Waals surface area contributed by atoms with Crippen LogP contribution < -0.4 is 10.2 Å². The quantitative estimate of drug-likeness (QED) is 0.859. The predicted molar refractivity (Wildman–Crippen MR) is 107 cm³/mol. The molecular weight excluding hydrogens is 362 g/mol. The summed E-state index contributed by atoms with van der Waals surface area (Å²) in [5.41, 5.74) is 0.485. The highest BCUT2D eigenvalue weighted by Crippen LogP contribution is 2.36. The molecule has 1 unspecified atom stereocenters. The van der Waals surface area contributed by atoms with Crippen molar-refractivity contribution in [2.75, 3.05) is 24.5 Å². The summed E-state index contributed by atoms with van der Waals surface area (Å²) in [6.07, 6.45) is 8.07. The first kappa shape index (κ1) is 18.8. The van der Waals surface area contributed by atoms with Gasteiger partial charge in [0.25, 0.3) is 0 Å². The Morgan fingerprint density at radius 2 is 1.70 bits per heavy atom. The molecule has 0 aromatic heterocycles. The Bertz CT molecular complexity index is 694. The van der Waals surface area contributed by atoms with Crippen LogP contribution in [0, 0.1) is 0 Å². The first-order valence-corrected chi connectivity index (χ1v) is 10.6. The van der Waals surface area contributed by atoms with Crippen molar-refractivity contribution in [1.82, 2.24) is 10.2 Å². The third-order valence-electron chi connectivity index (χ3n) is 6.41. The molecule has 1 aliphatic carbocycles. The van der Waals surface area contributed by atoms with Crippen LogP contribution in [-0.2, 0) is 9.59 Å². The van der Waals surface area contributed by atoms with E-state index in [1.807, 2.05) is 12.1 Å². The molecular formula is C21H28ClN3O2. The molecule has 1 aromatic carbocycles. The van der Waals surface area contributed by atoms with Crippen LogP contribution in [0.1, 0.15) is 51.4 Å². The number of carbonyl (C=O) groups excluding carboxylic acids is 2. The van der Waals surface area contributed by atoms with Gasteiger partial charge in [0.1, 0.15) is 5.54 Å². The first-order chi connectivity index (χ1) is 13.1. The summed E-state index contributed by atoms with van der Waals surface area (Å²) in [5, 5.41) is 3.89. The fraction of sp³-hybridized carbons (Fsp3) is 0.619. The molecule has 27 heavy (non-hydrogen) atoms. The number of hydrogen-bond acceptors (Lipinski definition) is 3. The van der Waals surface area contributed by atoms with Gasteiger partial charge in [-0.3, -0.25) is 14.5 Å². The maximum atomic E-state index is 13.4. The van der Waals surface area contributed by atoms with Gasteiger partial charge in [-0.2, -0.15) is 0 Å². The van der Waals surface area contributed by atoms with E-state index in [1.54, 1.807) is 17.0 Å². The van der Waals surface area contributed by atoms with Gasteiger partial charge in [-0.25, -0.2) is 0 Å². The molecule has 0 radical (unpaired) electrons. The Hall–Kier alpha value is -1.59. The summed E-state index contributed by atoms with van der Waals surface area (Å²) in [7, 11) is 0. The van der Waals surface area contributed by atoms with Crippen LogP contribution in [0.2, 0.25) is 5.02 Å². The normalized spacial score (nSPS) is 25.7. The SMILES string of the molecule is O=C1CC(NC(=O)C2(N3CCCC3)CCCCC2)CN1c1ccc(Cl)cc1. The van der Waals surface area contributed by atoms with E-state index in [9.17, 15) is 9.59 Å². The highest BCUT2D eigenvalue weighted by Gasteiger charge is 2.46. The minimum absolute atomic E-state index is 0.0569. The molecule has 2 saturated heterocycles. The van der Waals surface area contributed by atoms with E-state index in [2.05, 4.69) is 10.2 Å². The molecule has 4 rings (SSSR count). The van der Waals surface area contributed by atoms with Crippen LogP contribution in [0.5, 0.6) is 0 Å². The summed E-state index contributed by atoms with van der Waals surface area (Å²) < 4.78 is 0. The summed E-state index contributed by atoms with van der Waals surface area (Å²) in [6.45, 7) is 2.57. The highest BCUT2D eigenvalue weighted by molar-refractivity contribution is 6.30. The largest absolute Gasteiger partial charge is 0.349 e. The molecule has 0 bridgehead atoms. The molecule has 1 aromatic rings. The van der Waals surface area contributed by atoms with Crippen molar-refractivity contribution in [1.29, 1.82) is 0 Å². The lowest BCUT2D eigenvalue weighted by atomic mass is 9.79. The zero-order valence-electron chi connectivity index (χ0n) is 15.8. The van der Waals surface area contributed by atoms with E-state index in [1.165, 1.54) is 19.3 Å². The van der Waals surface area contributed by atoms with E-state index in [0.29, 0.717) is 18.0 Å². The lowest BCUT2D eigenvalue weighted by Crippen LogP contribution is -2.60. The molecule has 2 amide bonds. The molecule has 3 aliphatic rings. The van der Waals surface area contributed by atoms with Gasteiger partial charge >= 0.3 is 0 Å². The van der Waals surface area contributed by atoms with Gasteiger partial charge in [0.15, 0.2) is 0 Å². The van der Waals surface area contributed by atoms with Gasteiger partial charge < -0.3 is 10.2 Å². The molecule has 1 saturated carbocycles. The monoisotopic (exact) mass is 389 g/mol. The number of nitrogens with one attached hydrogen (secondary N) is 1. The number of carbonyl (C=O) groups is 2. The third-order valence-corrected chi connectivity index (χ3v) is 6.67. The molecule has 3 fully saturated rings. The van der Waals surface area contributed by atoms with Crippen LogP contribution in [0.25, 0.3) is 0 Å². The van der Waals surface area contributed by atoms with Crippen LogP contribution in [0.15, 0.2) is 24.3 Å². The van der Waals surface area contributed by atoms with Gasteiger partial charge in [0.2, 0.25) is 11.8 Å². The average Bonchev–Trinajstić information content (AvgIpc) is 3.33. The average molecular weight is 390 g/mol. The maximum absolute atomic E-state index is 13.4. The second-order valence-corrected chi connectivity index (χ2v) is 8.58. The van der Waals surface area contributed by atoms with Crippen LogP contribution in [-0.4, -0.2) is 47.9 Å². The topological polar surface area (TPSA) is 52.7 Å². The molecule has 2 aliphatic heterocycles. The minimum atomic E-state index is -0.356. The number of nitrogens with zero attached hydrogens (tertiary/aromatic N) is 2. The van der Waals surface area contributed by atoms with Crippen molar-refractivity contribution in [3.8, 4) is 0 Å². The molecule has 1 atom stereocenters. The van der Waals surface area contributed by atoms with Crippen molar-refractivity contribution < 1.29 is 9.59 Å². The molecule has 146 valence electrons. The summed E-state index contributed by atoms with van der Waals surface area (Å²) in [6, 6.07) is 7.18. The summed E-state index contributed by atoms with van der Waals surface area (Å²) >= 11 is 5.95. The van der Waals surface area contributed by atoms with Crippen molar-refractivity contribution in [2.45, 2.75) is 62.9 Å². The molecule has 5 nitrogen and oxygen atoms in total. The fourth-order valence-corrected chi connectivity index (χ4v) is 5.09. The van der Waals surface area contributed by atoms with E-state index >= 15 is 0 Å². The van der Waals surface area contributed by atoms with Gasteiger partial charge in [0.05, 0.1) is 6.04 Å². The second-order valence-electron chi connectivity index (χ2n) is 8.14. The number of anilines is 1. The Morgan fingerprint density at radius 1 is 1.04 bits per heavy atom. The Kier molecular flexibility index (Phi) is 5.42. The van der Waals surface area contributed by atoms with E-state index in [4.69, 9.17) is 11.6 Å². The zero-order chi connectivity index (χ0) is 18.9. The van der Waals surface area contributed by atoms with Gasteiger partial charge in [0, 0.05) is 23.7 Å². The zero-order valence-corrected chi connectivity index (χ0v) is 16.5. The predicted octanol–water partition coefficient (Wildman–Crippen LogP) is 3.36. The Morgan fingerprint density at radius 3 is 2.37 bits per heavy atom. The highest BCUT2D eigenvalue weighted by atomic mass is 35.5. The number of halogens is 1. The van der Waals surface area contributed by atoms with Crippen molar-refractivity contribution in [2.24, 2.45) is 0 Å². The van der Waals surface area contributed by atoms with Gasteiger partial charge in [-0.05, 0) is 63.0 Å². The number of likely N-dealkylation sites (tertiary alicyclic amines) is 1. The molecule has 6 heteroatoms. The molecule has 2 heterocycles. The number of hydrogen-bond donors (Lipinski definition) is 1. The third kappa shape index (κ3) is 3.72. The fourth-order valence-electron chi connectivity index (χ4n) is 4.96. The Labute approximate surface area is 166 Å². The summed E-state index contributed by atoms with van der Waals surface area (Å²) in [5.74, 6) is 0.196. The summed E-state index contributed by atoms with van der Waals surface area (Å²) in [4.78, 5) is 30.0. The number of amides is 2.